The second kappa shape index (κ2) is 5.67. The van der Waals surface area contributed by atoms with Gasteiger partial charge in [-0.1, -0.05) is 30.3 Å². The number of rotatable bonds is 2. The lowest BCUT2D eigenvalue weighted by molar-refractivity contribution is 0.312. The molecule has 4 rings (SSSR count). The van der Waals surface area contributed by atoms with Gasteiger partial charge in [-0.2, -0.15) is 0 Å². The van der Waals surface area contributed by atoms with Crippen LogP contribution in [0.1, 0.15) is 16.8 Å². The van der Waals surface area contributed by atoms with Crippen molar-refractivity contribution in [2.75, 3.05) is 13.6 Å². The summed E-state index contributed by atoms with van der Waals surface area (Å²) >= 11 is 0. The fraction of sp³-hybridized carbons (Fsp3) is 0.200. The molecule has 0 atom stereocenters. The standard InChI is InChI=1S/C20H19FN2/c1-22-11-10-20-18(14-22)17-13-16(21)7-8-19(17)23(20)12-9-15-5-3-2-4-6-15/h2-9,12-13H,10-11,14H2,1H3. The van der Waals surface area contributed by atoms with Crippen molar-refractivity contribution in [3.8, 4) is 0 Å². The predicted molar refractivity (Wildman–Crippen MR) is 93.6 cm³/mol. The molecule has 2 heterocycles. The van der Waals surface area contributed by atoms with Crippen LogP contribution in [0.25, 0.3) is 23.2 Å². The Hall–Kier alpha value is -2.39. The molecule has 3 heteroatoms. The highest BCUT2D eigenvalue weighted by molar-refractivity contribution is 5.88. The largest absolute Gasteiger partial charge is 0.320 e. The van der Waals surface area contributed by atoms with Gasteiger partial charge in [-0.3, -0.25) is 0 Å². The topological polar surface area (TPSA) is 8.17 Å². The maximum atomic E-state index is 13.7. The van der Waals surface area contributed by atoms with Crippen molar-refractivity contribution in [3.05, 3.63) is 71.2 Å². The lowest BCUT2D eigenvalue weighted by atomic mass is 10.1. The van der Waals surface area contributed by atoms with Gasteiger partial charge in [0.15, 0.2) is 0 Å². The molecule has 0 aliphatic carbocycles. The minimum absolute atomic E-state index is 0.169. The van der Waals surface area contributed by atoms with Crippen molar-refractivity contribution in [3.63, 3.8) is 0 Å². The van der Waals surface area contributed by atoms with E-state index in [-0.39, 0.29) is 5.82 Å². The van der Waals surface area contributed by atoms with Gasteiger partial charge in [0.1, 0.15) is 5.82 Å². The molecule has 1 aliphatic rings. The molecule has 116 valence electrons. The zero-order valence-electron chi connectivity index (χ0n) is 13.2. The van der Waals surface area contributed by atoms with Gasteiger partial charge in [-0.15, -0.1) is 0 Å². The van der Waals surface area contributed by atoms with Crippen LogP contribution in [0.2, 0.25) is 0 Å². The van der Waals surface area contributed by atoms with Gasteiger partial charge in [-0.25, -0.2) is 4.39 Å². The predicted octanol–water partition coefficient (Wildman–Crippen LogP) is 4.40. The summed E-state index contributed by atoms with van der Waals surface area (Å²) in [7, 11) is 2.12. The van der Waals surface area contributed by atoms with E-state index in [1.54, 1.807) is 12.1 Å². The molecule has 0 fully saturated rings. The first-order chi connectivity index (χ1) is 11.2. The van der Waals surface area contributed by atoms with E-state index in [1.807, 2.05) is 24.3 Å². The Labute approximate surface area is 135 Å². The summed E-state index contributed by atoms with van der Waals surface area (Å²) in [5.41, 5.74) is 4.80. The SMILES string of the molecule is CN1CCc2c(c3cc(F)ccc3n2C=Cc2ccccc2)C1. The summed E-state index contributed by atoms with van der Waals surface area (Å²) < 4.78 is 15.9. The normalized spacial score (nSPS) is 15.4. The number of benzene rings is 2. The van der Waals surface area contributed by atoms with Crippen LogP contribution >= 0.6 is 0 Å². The molecule has 1 aliphatic heterocycles. The summed E-state index contributed by atoms with van der Waals surface area (Å²) in [5, 5.41) is 1.03. The Kier molecular flexibility index (Phi) is 3.50. The van der Waals surface area contributed by atoms with Crippen molar-refractivity contribution in [2.45, 2.75) is 13.0 Å². The van der Waals surface area contributed by atoms with Gasteiger partial charge in [0, 0.05) is 36.8 Å². The van der Waals surface area contributed by atoms with Gasteiger partial charge in [0.25, 0.3) is 0 Å². The van der Waals surface area contributed by atoms with Crippen molar-refractivity contribution in [1.82, 2.24) is 9.47 Å². The van der Waals surface area contributed by atoms with Gasteiger partial charge in [0.2, 0.25) is 0 Å². The monoisotopic (exact) mass is 306 g/mol. The molecule has 0 N–H and O–H groups in total. The quantitative estimate of drug-likeness (QED) is 0.681. The number of aromatic nitrogens is 1. The molecule has 0 saturated heterocycles. The smallest absolute Gasteiger partial charge is 0.123 e. The third kappa shape index (κ3) is 2.57. The Morgan fingerprint density at radius 1 is 1.09 bits per heavy atom. The van der Waals surface area contributed by atoms with E-state index in [0.29, 0.717) is 0 Å². The van der Waals surface area contributed by atoms with Crippen LogP contribution < -0.4 is 0 Å². The number of halogens is 1. The Morgan fingerprint density at radius 3 is 2.74 bits per heavy atom. The number of hydrogen-bond donors (Lipinski definition) is 0. The molecule has 2 nitrogen and oxygen atoms in total. The van der Waals surface area contributed by atoms with Crippen LogP contribution in [0, 0.1) is 5.82 Å². The Bertz CT molecular complexity index is 878. The summed E-state index contributed by atoms with van der Waals surface area (Å²) in [6.45, 7) is 1.91. The maximum absolute atomic E-state index is 13.7. The van der Waals surface area contributed by atoms with Crippen molar-refractivity contribution >= 4 is 23.2 Å². The molecule has 23 heavy (non-hydrogen) atoms. The zero-order chi connectivity index (χ0) is 15.8. The summed E-state index contributed by atoms with van der Waals surface area (Å²) in [4.78, 5) is 2.29. The molecular weight excluding hydrogens is 287 g/mol. The van der Waals surface area contributed by atoms with E-state index in [0.717, 1.165) is 36.0 Å². The molecular formula is C20H19FN2. The lowest BCUT2D eigenvalue weighted by Crippen LogP contribution is -2.26. The molecule has 2 aromatic carbocycles. The van der Waals surface area contributed by atoms with Crippen LogP contribution in [0.4, 0.5) is 4.39 Å². The minimum Gasteiger partial charge on any atom is -0.320 e. The number of likely N-dealkylation sites (N-methyl/N-ethyl adjacent to an activating group) is 1. The van der Waals surface area contributed by atoms with Crippen LogP contribution in [0.3, 0.4) is 0 Å². The zero-order valence-corrected chi connectivity index (χ0v) is 13.2. The second-order valence-corrected chi connectivity index (χ2v) is 6.17. The molecule has 0 spiro atoms. The van der Waals surface area contributed by atoms with Crippen LogP contribution in [-0.2, 0) is 13.0 Å². The summed E-state index contributed by atoms with van der Waals surface area (Å²) in [6, 6.07) is 15.4. The highest BCUT2D eigenvalue weighted by atomic mass is 19.1. The fourth-order valence-electron chi connectivity index (χ4n) is 3.39. The van der Waals surface area contributed by atoms with Crippen LogP contribution in [0.5, 0.6) is 0 Å². The van der Waals surface area contributed by atoms with Crippen molar-refractivity contribution in [2.24, 2.45) is 0 Å². The van der Waals surface area contributed by atoms with Gasteiger partial charge < -0.3 is 9.47 Å². The highest BCUT2D eigenvalue weighted by Gasteiger charge is 2.21. The van der Waals surface area contributed by atoms with Crippen molar-refractivity contribution in [1.29, 1.82) is 0 Å². The summed E-state index contributed by atoms with van der Waals surface area (Å²) in [6.07, 6.45) is 5.21. The van der Waals surface area contributed by atoms with Gasteiger partial charge >= 0.3 is 0 Å². The number of fused-ring (bicyclic) bond motifs is 3. The Morgan fingerprint density at radius 2 is 1.91 bits per heavy atom. The van der Waals surface area contributed by atoms with E-state index >= 15 is 0 Å². The van der Waals surface area contributed by atoms with Gasteiger partial charge in [-0.05, 0) is 42.4 Å². The van der Waals surface area contributed by atoms with E-state index in [1.165, 1.54) is 11.3 Å². The molecule has 3 aromatic rings. The van der Waals surface area contributed by atoms with Crippen LogP contribution in [0.15, 0.2) is 48.5 Å². The third-order valence-corrected chi connectivity index (χ3v) is 4.56. The van der Waals surface area contributed by atoms with E-state index in [4.69, 9.17) is 0 Å². The molecule has 0 unspecified atom stereocenters. The Balaban J connectivity index is 1.87. The first-order valence-electron chi connectivity index (χ1n) is 7.95. The van der Waals surface area contributed by atoms with E-state index in [9.17, 15) is 4.39 Å². The first kappa shape index (κ1) is 14.2. The minimum atomic E-state index is -0.169. The second-order valence-electron chi connectivity index (χ2n) is 6.17. The molecule has 1 aromatic heterocycles. The third-order valence-electron chi connectivity index (χ3n) is 4.56. The molecule has 0 amide bonds. The first-order valence-corrected chi connectivity index (χ1v) is 7.95. The average molecular weight is 306 g/mol. The van der Waals surface area contributed by atoms with E-state index in [2.05, 4.69) is 40.9 Å². The lowest BCUT2D eigenvalue weighted by Gasteiger charge is -2.23. The highest BCUT2D eigenvalue weighted by Crippen LogP contribution is 2.31. The number of nitrogens with zero attached hydrogens (tertiary/aromatic N) is 2. The average Bonchev–Trinajstić information content (AvgIpc) is 2.86. The maximum Gasteiger partial charge on any atom is 0.123 e. The van der Waals surface area contributed by atoms with E-state index < -0.39 is 0 Å². The summed E-state index contributed by atoms with van der Waals surface area (Å²) in [5.74, 6) is -0.169. The van der Waals surface area contributed by atoms with Crippen molar-refractivity contribution < 1.29 is 4.39 Å². The number of hydrogen-bond acceptors (Lipinski definition) is 1. The molecule has 0 saturated carbocycles. The fourth-order valence-corrected chi connectivity index (χ4v) is 3.39. The van der Waals surface area contributed by atoms with Crippen LogP contribution in [-0.4, -0.2) is 23.1 Å². The molecule has 0 bridgehead atoms. The molecule has 0 radical (unpaired) electrons. The van der Waals surface area contributed by atoms with Gasteiger partial charge in [0.05, 0.1) is 5.52 Å².